The molecule has 92 valence electrons. The Kier molecular flexibility index (Phi) is 3.95. The minimum atomic E-state index is 0.0290. The first-order chi connectivity index (χ1) is 8.66. The van der Waals surface area contributed by atoms with Crippen molar-refractivity contribution in [2.45, 2.75) is 13.8 Å². The maximum atomic E-state index is 11.7. The fourth-order valence-electron chi connectivity index (χ4n) is 1.55. The van der Waals surface area contributed by atoms with Gasteiger partial charge in [0.2, 0.25) is 0 Å². The van der Waals surface area contributed by atoms with E-state index in [1.807, 2.05) is 23.6 Å². The molecule has 1 aromatic carbocycles. The maximum Gasteiger partial charge on any atom is 0.197 e. The standard InChI is InChI=1S/C15H15NOS/c1-11-5-6-13(10-12(11)2)16-8-7-14(17)15-4-3-9-18-15/h3-10,16H,1-2H3. The maximum absolute atomic E-state index is 11.7. The number of ketones is 1. The van der Waals surface area contributed by atoms with Gasteiger partial charge in [0.15, 0.2) is 5.78 Å². The van der Waals surface area contributed by atoms with Crippen molar-refractivity contribution in [3.05, 3.63) is 64.0 Å². The van der Waals surface area contributed by atoms with Gasteiger partial charge in [-0.1, -0.05) is 12.1 Å². The Bertz CT molecular complexity index is 570. The van der Waals surface area contributed by atoms with Gasteiger partial charge in [-0.05, 0) is 48.6 Å². The van der Waals surface area contributed by atoms with Gasteiger partial charge in [0, 0.05) is 18.0 Å². The van der Waals surface area contributed by atoms with E-state index in [4.69, 9.17) is 0 Å². The van der Waals surface area contributed by atoms with E-state index in [9.17, 15) is 4.79 Å². The Morgan fingerprint density at radius 2 is 2.06 bits per heavy atom. The van der Waals surface area contributed by atoms with Crippen LogP contribution in [-0.4, -0.2) is 5.78 Å². The molecule has 0 aliphatic carbocycles. The summed E-state index contributed by atoms with van der Waals surface area (Å²) in [5, 5.41) is 5.01. The fourth-order valence-corrected chi connectivity index (χ4v) is 2.19. The van der Waals surface area contributed by atoms with Crippen molar-refractivity contribution in [2.24, 2.45) is 0 Å². The second-order valence-corrected chi connectivity index (χ2v) is 5.07. The fraction of sp³-hybridized carbons (Fsp3) is 0.133. The Morgan fingerprint density at radius 1 is 1.22 bits per heavy atom. The molecule has 0 spiro atoms. The summed E-state index contributed by atoms with van der Waals surface area (Å²) in [6, 6.07) is 9.83. The van der Waals surface area contributed by atoms with Crippen LogP contribution in [0.3, 0.4) is 0 Å². The number of hydrogen-bond donors (Lipinski definition) is 1. The van der Waals surface area contributed by atoms with Crippen LogP contribution in [0.25, 0.3) is 0 Å². The van der Waals surface area contributed by atoms with Crippen molar-refractivity contribution in [2.75, 3.05) is 5.32 Å². The van der Waals surface area contributed by atoms with Crippen LogP contribution in [0, 0.1) is 13.8 Å². The molecule has 1 N–H and O–H groups in total. The van der Waals surface area contributed by atoms with E-state index in [0.29, 0.717) is 0 Å². The third-order valence-corrected chi connectivity index (χ3v) is 3.64. The van der Waals surface area contributed by atoms with Gasteiger partial charge in [-0.25, -0.2) is 0 Å². The van der Waals surface area contributed by atoms with Crippen LogP contribution in [0.1, 0.15) is 20.8 Å². The number of nitrogens with one attached hydrogen (secondary N) is 1. The molecule has 2 rings (SSSR count). The highest BCUT2D eigenvalue weighted by Gasteiger charge is 2.01. The summed E-state index contributed by atoms with van der Waals surface area (Å²) in [6.07, 6.45) is 3.24. The summed E-state index contributed by atoms with van der Waals surface area (Å²) >= 11 is 1.45. The molecule has 0 aliphatic rings. The molecule has 0 atom stereocenters. The number of anilines is 1. The van der Waals surface area contributed by atoms with Crippen LogP contribution in [-0.2, 0) is 0 Å². The molecular weight excluding hydrogens is 242 g/mol. The van der Waals surface area contributed by atoms with E-state index in [0.717, 1.165) is 10.6 Å². The van der Waals surface area contributed by atoms with Crippen LogP contribution < -0.4 is 5.32 Å². The highest BCUT2D eigenvalue weighted by Crippen LogP contribution is 2.14. The topological polar surface area (TPSA) is 29.1 Å². The van der Waals surface area contributed by atoms with Gasteiger partial charge in [-0.3, -0.25) is 4.79 Å². The smallest absolute Gasteiger partial charge is 0.197 e. The lowest BCUT2D eigenvalue weighted by Crippen LogP contribution is -1.94. The average molecular weight is 257 g/mol. The molecule has 3 heteroatoms. The van der Waals surface area contributed by atoms with Crippen LogP contribution in [0.15, 0.2) is 48.0 Å². The Balaban J connectivity index is 1.99. The van der Waals surface area contributed by atoms with E-state index in [1.165, 1.54) is 22.5 Å². The quantitative estimate of drug-likeness (QED) is 0.658. The van der Waals surface area contributed by atoms with E-state index in [-0.39, 0.29) is 5.78 Å². The van der Waals surface area contributed by atoms with Crippen molar-refractivity contribution < 1.29 is 4.79 Å². The molecular formula is C15H15NOS. The van der Waals surface area contributed by atoms with Gasteiger partial charge in [0.1, 0.15) is 0 Å². The lowest BCUT2D eigenvalue weighted by molar-refractivity contribution is 0.105. The zero-order chi connectivity index (χ0) is 13.0. The molecule has 0 unspecified atom stereocenters. The van der Waals surface area contributed by atoms with Gasteiger partial charge in [-0.15, -0.1) is 11.3 Å². The number of carbonyl (C=O) groups is 1. The molecule has 0 radical (unpaired) electrons. The molecule has 0 amide bonds. The lowest BCUT2D eigenvalue weighted by atomic mass is 10.1. The van der Waals surface area contributed by atoms with Crippen molar-refractivity contribution in [3.63, 3.8) is 0 Å². The molecule has 0 saturated heterocycles. The van der Waals surface area contributed by atoms with E-state index >= 15 is 0 Å². The first-order valence-corrected chi connectivity index (χ1v) is 6.63. The monoisotopic (exact) mass is 257 g/mol. The molecule has 0 saturated carbocycles. The summed E-state index contributed by atoms with van der Waals surface area (Å²) < 4.78 is 0. The Hall–Kier alpha value is -1.87. The number of rotatable bonds is 4. The van der Waals surface area contributed by atoms with Crippen molar-refractivity contribution in [1.82, 2.24) is 0 Å². The SMILES string of the molecule is Cc1ccc(NC=CC(=O)c2cccs2)cc1C. The minimum Gasteiger partial charge on any atom is -0.362 e. The first-order valence-electron chi connectivity index (χ1n) is 5.75. The normalized spacial score (nSPS) is 10.8. The van der Waals surface area contributed by atoms with Crippen molar-refractivity contribution in [1.29, 1.82) is 0 Å². The second-order valence-electron chi connectivity index (χ2n) is 4.12. The number of hydrogen-bond acceptors (Lipinski definition) is 3. The third-order valence-electron chi connectivity index (χ3n) is 2.76. The van der Waals surface area contributed by atoms with Gasteiger partial charge in [-0.2, -0.15) is 0 Å². The van der Waals surface area contributed by atoms with Crippen LogP contribution in [0.2, 0.25) is 0 Å². The molecule has 18 heavy (non-hydrogen) atoms. The second kappa shape index (κ2) is 5.65. The molecule has 0 aliphatic heterocycles. The van der Waals surface area contributed by atoms with Gasteiger partial charge in [0.25, 0.3) is 0 Å². The number of aryl methyl sites for hydroxylation is 2. The molecule has 2 aromatic rings. The summed E-state index contributed by atoms with van der Waals surface area (Å²) in [5.74, 6) is 0.0290. The van der Waals surface area contributed by atoms with E-state index in [1.54, 1.807) is 12.3 Å². The van der Waals surface area contributed by atoms with Crippen molar-refractivity contribution in [3.8, 4) is 0 Å². The Labute approximate surface area is 111 Å². The molecule has 1 aromatic heterocycles. The lowest BCUT2D eigenvalue weighted by Gasteiger charge is -2.04. The van der Waals surface area contributed by atoms with Gasteiger partial charge >= 0.3 is 0 Å². The molecule has 2 nitrogen and oxygen atoms in total. The average Bonchev–Trinajstić information content (AvgIpc) is 2.87. The zero-order valence-electron chi connectivity index (χ0n) is 10.4. The number of allylic oxidation sites excluding steroid dienone is 1. The van der Waals surface area contributed by atoms with Gasteiger partial charge < -0.3 is 5.32 Å². The largest absolute Gasteiger partial charge is 0.362 e. The Morgan fingerprint density at radius 3 is 2.72 bits per heavy atom. The predicted molar refractivity (Wildman–Crippen MR) is 77.3 cm³/mol. The van der Waals surface area contributed by atoms with Crippen LogP contribution >= 0.6 is 11.3 Å². The molecule has 0 bridgehead atoms. The van der Waals surface area contributed by atoms with E-state index in [2.05, 4.69) is 31.3 Å². The van der Waals surface area contributed by atoms with Crippen LogP contribution in [0.4, 0.5) is 5.69 Å². The predicted octanol–water partition coefficient (Wildman–Crippen LogP) is 4.17. The summed E-state index contributed by atoms with van der Waals surface area (Å²) in [6.45, 7) is 4.15. The van der Waals surface area contributed by atoms with Crippen molar-refractivity contribution >= 4 is 22.8 Å². The number of carbonyl (C=O) groups excluding carboxylic acids is 1. The molecule has 1 heterocycles. The number of thiophene rings is 1. The van der Waals surface area contributed by atoms with Crippen LogP contribution in [0.5, 0.6) is 0 Å². The van der Waals surface area contributed by atoms with E-state index < -0.39 is 0 Å². The summed E-state index contributed by atoms with van der Waals surface area (Å²) in [4.78, 5) is 12.5. The highest BCUT2D eigenvalue weighted by molar-refractivity contribution is 7.12. The summed E-state index contributed by atoms with van der Waals surface area (Å²) in [7, 11) is 0. The molecule has 0 fully saturated rings. The zero-order valence-corrected chi connectivity index (χ0v) is 11.3. The minimum absolute atomic E-state index is 0.0290. The third kappa shape index (κ3) is 3.08. The summed E-state index contributed by atoms with van der Waals surface area (Å²) in [5.41, 5.74) is 3.49. The first kappa shape index (κ1) is 12.6. The van der Waals surface area contributed by atoms with Gasteiger partial charge in [0.05, 0.1) is 4.88 Å². The number of benzene rings is 1. The highest BCUT2D eigenvalue weighted by atomic mass is 32.1.